The highest BCUT2D eigenvalue weighted by Crippen LogP contribution is 2.38. The zero-order valence-corrected chi connectivity index (χ0v) is 20.6. The molecule has 0 saturated heterocycles. The molecule has 2 nitrogen and oxygen atoms in total. The number of fused-ring (bicyclic) bond motifs is 3. The summed E-state index contributed by atoms with van der Waals surface area (Å²) in [5.74, 6) is 0. The molecule has 0 fully saturated rings. The number of thiol groups is 1. The number of rotatable bonds is 5. The molecule has 0 amide bonds. The predicted octanol–water partition coefficient (Wildman–Crippen LogP) is 8.94. The van der Waals surface area contributed by atoms with E-state index in [1.165, 1.54) is 32.4 Å². The van der Waals surface area contributed by atoms with Gasteiger partial charge < -0.3 is 4.57 Å². The van der Waals surface area contributed by atoms with Crippen LogP contribution in [0.15, 0.2) is 142 Å². The smallest absolute Gasteiger partial charge is 0.101 e. The Hall–Kier alpha value is -3.73. The Morgan fingerprint density at radius 1 is 0.629 bits per heavy atom. The zero-order chi connectivity index (χ0) is 23.6. The van der Waals surface area contributed by atoms with E-state index in [0.29, 0.717) is 5.04 Å². The lowest BCUT2D eigenvalue weighted by molar-refractivity contribution is 1.12. The number of hydrogen-bond donors (Lipinski definition) is 1. The van der Waals surface area contributed by atoms with Crippen LogP contribution in [0.1, 0.15) is 5.56 Å². The highest BCUT2D eigenvalue weighted by Gasteiger charge is 2.14. The largest absolute Gasteiger partial charge is 0.308 e. The van der Waals surface area contributed by atoms with Crippen LogP contribution in [0.25, 0.3) is 27.5 Å². The molecule has 0 bridgehead atoms. The lowest BCUT2D eigenvalue weighted by Crippen LogP contribution is -1.96. The van der Waals surface area contributed by atoms with Gasteiger partial charge in [0, 0.05) is 26.1 Å². The standard InChI is InChI=1S/C31H22N2S2/c34-31(32-23-12-2-1-3-13-23)22-11-10-14-24(21-22)35-30-20-9-8-19-29(30)33-27-17-6-4-15-25(27)26-16-5-7-18-28(26)33/h1-21H,(H,32,34). The third-order valence-corrected chi connectivity index (χ3v) is 7.41. The van der Waals surface area contributed by atoms with E-state index >= 15 is 0 Å². The van der Waals surface area contributed by atoms with Crippen molar-refractivity contribution in [1.29, 1.82) is 0 Å². The molecule has 168 valence electrons. The van der Waals surface area contributed by atoms with Gasteiger partial charge in [0.15, 0.2) is 0 Å². The molecule has 1 heterocycles. The first-order chi connectivity index (χ1) is 17.3. The summed E-state index contributed by atoms with van der Waals surface area (Å²) in [6.45, 7) is 0. The molecule has 0 spiro atoms. The summed E-state index contributed by atoms with van der Waals surface area (Å²) in [4.78, 5) is 7.01. The summed E-state index contributed by atoms with van der Waals surface area (Å²) in [6, 6.07) is 44.2. The third-order valence-electron chi connectivity index (χ3n) is 6.00. The number of aromatic nitrogens is 1. The highest BCUT2D eigenvalue weighted by atomic mass is 32.2. The predicted molar refractivity (Wildman–Crippen MR) is 153 cm³/mol. The molecule has 0 unspecified atom stereocenters. The van der Waals surface area contributed by atoms with Gasteiger partial charge in [0.25, 0.3) is 0 Å². The molecule has 6 rings (SSSR count). The fourth-order valence-corrected chi connectivity index (χ4v) is 5.68. The Morgan fingerprint density at radius 3 is 2.00 bits per heavy atom. The van der Waals surface area contributed by atoms with Crippen LogP contribution in [0.5, 0.6) is 0 Å². The maximum absolute atomic E-state index is 4.69. The second-order valence-electron chi connectivity index (χ2n) is 8.24. The molecule has 35 heavy (non-hydrogen) atoms. The molecule has 4 heteroatoms. The number of hydrogen-bond acceptors (Lipinski definition) is 2. The van der Waals surface area contributed by atoms with E-state index in [4.69, 9.17) is 12.6 Å². The molecule has 0 radical (unpaired) electrons. The van der Waals surface area contributed by atoms with Gasteiger partial charge in [-0.1, -0.05) is 90.6 Å². The average molecular weight is 487 g/mol. The fraction of sp³-hybridized carbons (Fsp3) is 0. The van der Waals surface area contributed by atoms with Gasteiger partial charge in [-0.15, -0.1) is 12.6 Å². The maximum atomic E-state index is 4.69. The molecule has 0 aliphatic rings. The maximum Gasteiger partial charge on any atom is 0.101 e. The molecule has 0 atom stereocenters. The summed E-state index contributed by atoms with van der Waals surface area (Å²) in [5, 5.41) is 3.23. The van der Waals surface area contributed by atoms with Crippen LogP contribution in [-0.2, 0) is 0 Å². The molecular weight excluding hydrogens is 464 g/mol. The van der Waals surface area contributed by atoms with Crippen molar-refractivity contribution in [2.45, 2.75) is 9.79 Å². The van der Waals surface area contributed by atoms with Crippen LogP contribution in [0.2, 0.25) is 0 Å². The second kappa shape index (κ2) is 9.49. The molecule has 6 aromatic rings. The van der Waals surface area contributed by atoms with Gasteiger partial charge in [-0.25, -0.2) is 4.99 Å². The van der Waals surface area contributed by atoms with Gasteiger partial charge in [0.05, 0.1) is 22.4 Å². The van der Waals surface area contributed by atoms with E-state index in [9.17, 15) is 0 Å². The third kappa shape index (κ3) is 4.27. The minimum atomic E-state index is 0.703. The molecule has 0 saturated carbocycles. The molecular formula is C31H22N2S2. The summed E-state index contributed by atoms with van der Waals surface area (Å²) in [7, 11) is 0. The van der Waals surface area contributed by atoms with Crippen LogP contribution in [0, 0.1) is 0 Å². The van der Waals surface area contributed by atoms with E-state index in [-0.39, 0.29) is 0 Å². The van der Waals surface area contributed by atoms with Crippen molar-refractivity contribution >= 4 is 56.9 Å². The van der Waals surface area contributed by atoms with Gasteiger partial charge >= 0.3 is 0 Å². The van der Waals surface area contributed by atoms with E-state index in [0.717, 1.165) is 16.1 Å². The number of benzene rings is 5. The Morgan fingerprint density at radius 2 is 1.26 bits per heavy atom. The summed E-state index contributed by atoms with van der Waals surface area (Å²) >= 11 is 6.45. The van der Waals surface area contributed by atoms with Crippen molar-refractivity contribution < 1.29 is 0 Å². The minimum absolute atomic E-state index is 0.703. The molecule has 5 aromatic carbocycles. The van der Waals surface area contributed by atoms with Gasteiger partial charge in [-0.2, -0.15) is 0 Å². The number of aliphatic imine (C=N–C) groups is 1. The molecule has 1 aromatic heterocycles. The van der Waals surface area contributed by atoms with E-state index in [1.54, 1.807) is 11.8 Å². The lowest BCUT2D eigenvalue weighted by Gasteiger charge is -2.13. The topological polar surface area (TPSA) is 17.3 Å². The summed E-state index contributed by atoms with van der Waals surface area (Å²) < 4.78 is 2.37. The quantitative estimate of drug-likeness (QED) is 0.146. The second-order valence-corrected chi connectivity index (χ2v) is 9.78. The van der Waals surface area contributed by atoms with Gasteiger partial charge in [0.2, 0.25) is 0 Å². The van der Waals surface area contributed by atoms with Crippen molar-refractivity contribution in [2.24, 2.45) is 4.99 Å². The Labute approximate surface area is 214 Å². The van der Waals surface area contributed by atoms with Crippen molar-refractivity contribution in [2.75, 3.05) is 0 Å². The van der Waals surface area contributed by atoms with Gasteiger partial charge in [0.1, 0.15) is 5.04 Å². The Bertz CT molecular complexity index is 1630. The number of para-hydroxylation sites is 4. The van der Waals surface area contributed by atoms with E-state index in [1.807, 2.05) is 30.3 Å². The van der Waals surface area contributed by atoms with Crippen LogP contribution >= 0.6 is 24.4 Å². The summed E-state index contributed by atoms with van der Waals surface area (Å²) in [5.41, 5.74) is 5.49. The van der Waals surface area contributed by atoms with Crippen molar-refractivity contribution in [3.8, 4) is 5.69 Å². The average Bonchev–Trinajstić information content (AvgIpc) is 3.24. The lowest BCUT2D eigenvalue weighted by atomic mass is 10.2. The molecule has 0 aliphatic carbocycles. The van der Waals surface area contributed by atoms with Crippen molar-refractivity contribution in [3.05, 3.63) is 133 Å². The van der Waals surface area contributed by atoms with Gasteiger partial charge in [-0.3, -0.25) is 0 Å². The van der Waals surface area contributed by atoms with E-state index in [2.05, 4.69) is 107 Å². The highest BCUT2D eigenvalue weighted by molar-refractivity contribution is 7.99. The monoisotopic (exact) mass is 486 g/mol. The van der Waals surface area contributed by atoms with Crippen LogP contribution in [0.4, 0.5) is 5.69 Å². The van der Waals surface area contributed by atoms with Crippen molar-refractivity contribution in [1.82, 2.24) is 4.57 Å². The Kier molecular flexibility index (Phi) is 5.91. The first-order valence-electron chi connectivity index (χ1n) is 11.5. The first-order valence-corrected chi connectivity index (χ1v) is 12.7. The number of nitrogens with zero attached hydrogens (tertiary/aromatic N) is 2. The van der Waals surface area contributed by atoms with Crippen molar-refractivity contribution in [3.63, 3.8) is 0 Å². The first kappa shape index (κ1) is 21.8. The molecule has 0 N–H and O–H groups in total. The van der Waals surface area contributed by atoms with Crippen LogP contribution in [-0.4, -0.2) is 9.61 Å². The Balaban J connectivity index is 1.42. The van der Waals surface area contributed by atoms with Crippen LogP contribution < -0.4 is 0 Å². The van der Waals surface area contributed by atoms with E-state index < -0.39 is 0 Å². The summed E-state index contributed by atoms with van der Waals surface area (Å²) in [6.07, 6.45) is 0. The normalized spacial score (nSPS) is 11.9. The van der Waals surface area contributed by atoms with Crippen LogP contribution in [0.3, 0.4) is 0 Å². The molecule has 0 aliphatic heterocycles. The fourth-order valence-electron chi connectivity index (χ4n) is 4.43. The zero-order valence-electron chi connectivity index (χ0n) is 18.9. The minimum Gasteiger partial charge on any atom is -0.308 e. The SMILES string of the molecule is S/C(=N\c1ccccc1)c1cccc(Sc2ccccc2-n2c3ccccc3c3ccccc32)c1. The van der Waals surface area contributed by atoms with Gasteiger partial charge in [-0.05, 0) is 48.5 Å².